The number of amides is 1. The van der Waals surface area contributed by atoms with Gasteiger partial charge in [0, 0.05) is 7.05 Å². The summed E-state index contributed by atoms with van der Waals surface area (Å²) >= 11 is 1.20. The normalized spacial score (nSPS) is 15.8. The molecule has 1 N–H and O–H groups in total. The number of hydrogen-bond donors (Lipinski definition) is 1. The molecule has 10 heteroatoms. The molecule has 3 rings (SSSR count). The second kappa shape index (κ2) is 10.0. The van der Waals surface area contributed by atoms with Crippen molar-refractivity contribution < 1.29 is 33.7 Å². The summed E-state index contributed by atoms with van der Waals surface area (Å²) in [5.74, 6) is -0.984. The molecule has 0 unspecified atom stereocenters. The van der Waals surface area contributed by atoms with E-state index in [0.717, 1.165) is 0 Å². The first-order valence-electron chi connectivity index (χ1n) is 9.29. The lowest BCUT2D eigenvalue weighted by Gasteiger charge is -2.10. The van der Waals surface area contributed by atoms with Gasteiger partial charge < -0.3 is 19.3 Å². The van der Waals surface area contributed by atoms with Gasteiger partial charge in [0.2, 0.25) is 0 Å². The Balaban J connectivity index is 1.80. The van der Waals surface area contributed by atoms with Gasteiger partial charge in [-0.05, 0) is 59.8 Å². The third-order valence-corrected chi connectivity index (χ3v) is 5.46. The van der Waals surface area contributed by atoms with E-state index in [1.54, 1.807) is 43.5 Å². The van der Waals surface area contributed by atoms with Gasteiger partial charge in [0.05, 0.1) is 30.4 Å². The molecule has 166 valence electrons. The molecule has 1 aliphatic rings. The van der Waals surface area contributed by atoms with E-state index in [9.17, 15) is 14.4 Å². The van der Waals surface area contributed by atoms with Gasteiger partial charge >= 0.3 is 11.9 Å². The first-order chi connectivity index (χ1) is 15.3. The molecule has 0 aromatic heterocycles. The van der Waals surface area contributed by atoms with Crippen LogP contribution in [0.4, 0.5) is 5.69 Å². The largest absolute Gasteiger partial charge is 0.493 e. The highest BCUT2D eigenvalue weighted by atomic mass is 32.2. The topological polar surface area (TPSA) is 115 Å². The molecule has 0 radical (unpaired) electrons. The van der Waals surface area contributed by atoms with Gasteiger partial charge in [-0.15, -0.1) is 0 Å². The van der Waals surface area contributed by atoms with Crippen molar-refractivity contribution >= 4 is 46.5 Å². The quantitative estimate of drug-likeness (QED) is 0.499. The zero-order valence-electron chi connectivity index (χ0n) is 17.5. The Morgan fingerprint density at radius 3 is 2.47 bits per heavy atom. The molecule has 0 saturated carbocycles. The van der Waals surface area contributed by atoms with Gasteiger partial charge in [-0.25, -0.2) is 14.6 Å². The standard InChI is InChI=1S/C22H20N2O7S/c1-24-20(26)18(32-22(24)23-15-7-5-14(6-8-15)21(27)28)11-13-4-9-16(17(10-13)29-2)31-12-19(25)30-3/h4-11H,12H2,1-3H3,(H,27,28)/b18-11-,23-22?. The van der Waals surface area contributed by atoms with Crippen molar-refractivity contribution in [3.8, 4) is 11.5 Å². The third kappa shape index (κ3) is 5.27. The number of thioether (sulfide) groups is 1. The molecule has 9 nitrogen and oxygen atoms in total. The van der Waals surface area contributed by atoms with Crippen molar-refractivity contribution in [2.45, 2.75) is 0 Å². The predicted octanol–water partition coefficient (Wildman–Crippen LogP) is 3.18. The number of carboxylic acids is 1. The third-order valence-electron chi connectivity index (χ3n) is 4.40. The molecule has 0 aliphatic carbocycles. The number of benzene rings is 2. The first kappa shape index (κ1) is 22.9. The molecule has 1 aliphatic heterocycles. The summed E-state index contributed by atoms with van der Waals surface area (Å²) in [4.78, 5) is 41.2. The van der Waals surface area contributed by atoms with Crippen LogP contribution in [-0.4, -0.2) is 60.9 Å². The number of likely N-dealkylation sites (N-methyl/N-ethyl adjacent to an activating group) is 1. The molecule has 32 heavy (non-hydrogen) atoms. The molecule has 1 heterocycles. The molecule has 1 fully saturated rings. The minimum Gasteiger partial charge on any atom is -0.493 e. The zero-order valence-corrected chi connectivity index (χ0v) is 18.3. The number of nitrogens with zero attached hydrogens (tertiary/aromatic N) is 2. The molecular weight excluding hydrogens is 436 g/mol. The van der Waals surface area contributed by atoms with E-state index in [1.807, 2.05) is 0 Å². The molecule has 2 aromatic carbocycles. The van der Waals surface area contributed by atoms with Crippen molar-refractivity contribution in [3.63, 3.8) is 0 Å². The maximum absolute atomic E-state index is 12.7. The number of carboxylic acid groups (broad SMARTS) is 1. The fraction of sp³-hybridized carbons (Fsp3) is 0.182. The molecule has 1 saturated heterocycles. The van der Waals surface area contributed by atoms with Crippen LogP contribution in [-0.2, 0) is 14.3 Å². The minimum absolute atomic E-state index is 0.158. The van der Waals surface area contributed by atoms with Crippen LogP contribution in [0.5, 0.6) is 11.5 Å². The van der Waals surface area contributed by atoms with Crippen molar-refractivity contribution in [3.05, 3.63) is 58.5 Å². The van der Waals surface area contributed by atoms with Crippen LogP contribution in [0.2, 0.25) is 0 Å². The van der Waals surface area contributed by atoms with Crippen LogP contribution < -0.4 is 9.47 Å². The fourth-order valence-electron chi connectivity index (χ4n) is 2.68. The summed E-state index contributed by atoms with van der Waals surface area (Å²) in [7, 11) is 4.36. The van der Waals surface area contributed by atoms with Crippen LogP contribution in [0.1, 0.15) is 15.9 Å². The Morgan fingerprint density at radius 1 is 1.12 bits per heavy atom. The summed E-state index contributed by atoms with van der Waals surface area (Å²) < 4.78 is 15.3. The molecule has 0 spiro atoms. The molecule has 0 bridgehead atoms. The van der Waals surface area contributed by atoms with Crippen LogP contribution in [0, 0.1) is 0 Å². The number of hydrogen-bond acceptors (Lipinski definition) is 8. The summed E-state index contributed by atoms with van der Waals surface area (Å²) in [6.45, 7) is -0.250. The average Bonchev–Trinajstić information content (AvgIpc) is 3.05. The second-order valence-electron chi connectivity index (χ2n) is 6.50. The van der Waals surface area contributed by atoms with E-state index < -0.39 is 11.9 Å². The highest BCUT2D eigenvalue weighted by molar-refractivity contribution is 8.18. The molecular formula is C22H20N2O7S. The van der Waals surface area contributed by atoms with Gasteiger partial charge in [0.15, 0.2) is 23.3 Å². The Morgan fingerprint density at radius 2 is 1.84 bits per heavy atom. The number of methoxy groups -OCH3 is 2. The van der Waals surface area contributed by atoms with Crippen LogP contribution in [0.3, 0.4) is 0 Å². The van der Waals surface area contributed by atoms with E-state index in [2.05, 4.69) is 9.73 Å². The maximum Gasteiger partial charge on any atom is 0.343 e. The number of amidine groups is 1. The summed E-state index contributed by atoms with van der Waals surface area (Å²) in [6, 6.07) is 11.1. The van der Waals surface area contributed by atoms with Crippen LogP contribution in [0.25, 0.3) is 6.08 Å². The Labute approximate surface area is 188 Å². The number of ether oxygens (including phenoxy) is 3. The monoisotopic (exact) mass is 456 g/mol. The zero-order chi connectivity index (χ0) is 23.3. The van der Waals surface area contributed by atoms with E-state index in [4.69, 9.17) is 14.6 Å². The second-order valence-corrected chi connectivity index (χ2v) is 7.51. The van der Waals surface area contributed by atoms with Crippen molar-refractivity contribution in [2.24, 2.45) is 4.99 Å². The number of carbonyl (C=O) groups is 3. The lowest BCUT2D eigenvalue weighted by molar-refractivity contribution is -0.142. The van der Waals surface area contributed by atoms with Gasteiger partial charge in [-0.3, -0.25) is 9.69 Å². The van der Waals surface area contributed by atoms with Crippen molar-refractivity contribution in [1.29, 1.82) is 0 Å². The molecule has 2 aromatic rings. The first-order valence-corrected chi connectivity index (χ1v) is 10.1. The highest BCUT2D eigenvalue weighted by Gasteiger charge is 2.30. The summed E-state index contributed by atoms with van der Waals surface area (Å²) in [5.41, 5.74) is 1.39. The average molecular weight is 456 g/mol. The summed E-state index contributed by atoms with van der Waals surface area (Å²) in [5, 5.41) is 9.46. The van der Waals surface area contributed by atoms with E-state index in [-0.39, 0.29) is 18.1 Å². The van der Waals surface area contributed by atoms with Crippen LogP contribution in [0.15, 0.2) is 52.4 Å². The number of aliphatic imine (C=N–C) groups is 1. The minimum atomic E-state index is -1.02. The predicted molar refractivity (Wildman–Crippen MR) is 119 cm³/mol. The SMILES string of the molecule is COC(=O)COc1ccc(/C=C2\SC(=Nc3ccc(C(=O)O)cc3)N(C)C2=O)cc1OC. The van der Waals surface area contributed by atoms with Crippen molar-refractivity contribution in [2.75, 3.05) is 27.9 Å². The number of carbonyl (C=O) groups excluding carboxylic acids is 2. The Bertz CT molecular complexity index is 1110. The van der Waals surface area contributed by atoms with Gasteiger partial charge in [0.1, 0.15) is 0 Å². The van der Waals surface area contributed by atoms with E-state index in [1.165, 1.54) is 43.0 Å². The van der Waals surface area contributed by atoms with Gasteiger partial charge in [-0.2, -0.15) is 0 Å². The van der Waals surface area contributed by atoms with Gasteiger partial charge in [0.25, 0.3) is 5.91 Å². The molecule has 0 atom stereocenters. The summed E-state index contributed by atoms with van der Waals surface area (Å²) in [6.07, 6.45) is 1.70. The fourth-order valence-corrected chi connectivity index (χ4v) is 3.67. The Hall–Kier alpha value is -3.79. The number of rotatable bonds is 7. The molecule has 1 amide bonds. The lowest BCUT2D eigenvalue weighted by Crippen LogP contribution is -2.23. The Kier molecular flexibility index (Phi) is 7.16. The van der Waals surface area contributed by atoms with Gasteiger partial charge in [-0.1, -0.05) is 6.07 Å². The smallest absolute Gasteiger partial charge is 0.343 e. The van der Waals surface area contributed by atoms with E-state index in [0.29, 0.717) is 32.8 Å². The lowest BCUT2D eigenvalue weighted by atomic mass is 10.2. The maximum atomic E-state index is 12.7. The van der Waals surface area contributed by atoms with Crippen molar-refractivity contribution in [1.82, 2.24) is 4.90 Å². The number of esters is 1. The van der Waals surface area contributed by atoms with Crippen LogP contribution >= 0.6 is 11.8 Å². The van der Waals surface area contributed by atoms with E-state index >= 15 is 0 Å². The number of aromatic carboxylic acids is 1. The highest BCUT2D eigenvalue weighted by Crippen LogP contribution is 2.35.